The number of pyridine rings is 2. The third-order valence-corrected chi connectivity index (χ3v) is 6.13. The number of aromatic nitrogens is 4. The van der Waals surface area contributed by atoms with Crippen LogP contribution in [-0.2, 0) is 10.9 Å². The van der Waals surface area contributed by atoms with Crippen molar-refractivity contribution < 1.29 is 22.6 Å². The van der Waals surface area contributed by atoms with E-state index in [0.29, 0.717) is 29.2 Å². The average Bonchev–Trinajstić information content (AvgIpc) is 2.88. The Balaban J connectivity index is 1.30. The van der Waals surface area contributed by atoms with Crippen LogP contribution in [0.25, 0.3) is 22.3 Å². The summed E-state index contributed by atoms with van der Waals surface area (Å²) in [4.78, 5) is 19.1. The molecule has 0 amide bonds. The van der Waals surface area contributed by atoms with Gasteiger partial charge in [-0.1, -0.05) is 6.07 Å². The van der Waals surface area contributed by atoms with Crippen LogP contribution in [0.3, 0.4) is 0 Å². The molecule has 5 rings (SSSR count). The average molecular weight is 525 g/mol. The Morgan fingerprint density at radius 2 is 1.84 bits per heavy atom. The molecule has 1 aromatic carbocycles. The first-order valence-corrected chi connectivity index (χ1v) is 12.3. The van der Waals surface area contributed by atoms with Gasteiger partial charge in [-0.3, -0.25) is 9.88 Å². The molecule has 0 spiro atoms. The molecule has 38 heavy (non-hydrogen) atoms. The molecule has 1 aliphatic heterocycles. The van der Waals surface area contributed by atoms with E-state index in [-0.39, 0.29) is 23.5 Å². The molecule has 3 aromatic heterocycles. The van der Waals surface area contributed by atoms with Gasteiger partial charge in [0.1, 0.15) is 24.2 Å². The maximum Gasteiger partial charge on any atom is 0.418 e. The van der Waals surface area contributed by atoms with Crippen molar-refractivity contribution in [3.63, 3.8) is 0 Å². The summed E-state index contributed by atoms with van der Waals surface area (Å²) in [6.45, 7) is 7.24. The van der Waals surface area contributed by atoms with Gasteiger partial charge in [0.25, 0.3) is 0 Å². The Hall–Kier alpha value is -3.83. The summed E-state index contributed by atoms with van der Waals surface area (Å²) in [5, 5.41) is 3.22. The van der Waals surface area contributed by atoms with Gasteiger partial charge in [0, 0.05) is 49.3 Å². The fourth-order valence-corrected chi connectivity index (χ4v) is 4.59. The number of morpholine rings is 1. The number of anilines is 2. The van der Waals surface area contributed by atoms with E-state index in [1.165, 1.54) is 30.9 Å². The summed E-state index contributed by atoms with van der Waals surface area (Å²) < 4.78 is 52.2. The van der Waals surface area contributed by atoms with Crippen LogP contribution < -0.4 is 10.1 Å². The molecule has 4 aromatic rings. The summed E-state index contributed by atoms with van der Waals surface area (Å²) in [5.41, 5.74) is 0.722. The number of nitrogens with one attached hydrogen (secondary N) is 1. The normalized spacial score (nSPS) is 18.4. The number of rotatable bonds is 7. The Morgan fingerprint density at radius 1 is 1.03 bits per heavy atom. The van der Waals surface area contributed by atoms with Gasteiger partial charge in [0.05, 0.1) is 29.0 Å². The van der Waals surface area contributed by atoms with Gasteiger partial charge < -0.3 is 14.8 Å². The summed E-state index contributed by atoms with van der Waals surface area (Å²) in [7, 11) is 0. The van der Waals surface area contributed by atoms with Crippen molar-refractivity contribution in [3.8, 4) is 17.0 Å². The number of hydrogen-bond acceptors (Lipinski definition) is 8. The molecule has 11 heteroatoms. The van der Waals surface area contributed by atoms with E-state index < -0.39 is 11.7 Å². The minimum Gasteiger partial charge on any atom is -0.492 e. The lowest BCUT2D eigenvalue weighted by molar-refractivity contribution is -0.137. The zero-order valence-corrected chi connectivity index (χ0v) is 20.9. The monoisotopic (exact) mass is 524 g/mol. The first kappa shape index (κ1) is 25.8. The second kappa shape index (κ2) is 10.9. The van der Waals surface area contributed by atoms with Gasteiger partial charge >= 0.3 is 6.18 Å². The van der Waals surface area contributed by atoms with Gasteiger partial charge in [-0.2, -0.15) is 13.2 Å². The van der Waals surface area contributed by atoms with E-state index in [9.17, 15) is 13.2 Å². The molecule has 1 N–H and O–H groups in total. The highest BCUT2D eigenvalue weighted by Crippen LogP contribution is 2.36. The summed E-state index contributed by atoms with van der Waals surface area (Å²) >= 11 is 0. The topological polar surface area (TPSA) is 85.3 Å². The first-order valence-electron chi connectivity index (χ1n) is 12.3. The lowest BCUT2D eigenvalue weighted by Crippen LogP contribution is -2.46. The number of alkyl halides is 3. The molecule has 8 nitrogen and oxygen atoms in total. The summed E-state index contributed by atoms with van der Waals surface area (Å²) in [6.07, 6.45) is -0.129. The lowest BCUT2D eigenvalue weighted by Gasteiger charge is -2.35. The van der Waals surface area contributed by atoms with E-state index in [4.69, 9.17) is 9.47 Å². The molecular weight excluding hydrogens is 497 g/mol. The predicted octanol–water partition coefficient (Wildman–Crippen LogP) is 5.34. The maximum atomic E-state index is 13.5. The Kier molecular flexibility index (Phi) is 7.39. The van der Waals surface area contributed by atoms with E-state index in [0.717, 1.165) is 31.4 Å². The highest BCUT2D eigenvalue weighted by Gasteiger charge is 2.34. The second-order valence-electron chi connectivity index (χ2n) is 9.23. The van der Waals surface area contributed by atoms with Crippen molar-refractivity contribution in [1.29, 1.82) is 0 Å². The Morgan fingerprint density at radius 3 is 2.63 bits per heavy atom. The molecular formula is C27H27F3N6O2. The van der Waals surface area contributed by atoms with Gasteiger partial charge in [-0.05, 0) is 44.2 Å². The largest absolute Gasteiger partial charge is 0.492 e. The number of hydrogen-bond donors (Lipinski definition) is 1. The van der Waals surface area contributed by atoms with Crippen molar-refractivity contribution in [1.82, 2.24) is 24.8 Å². The molecule has 198 valence electrons. The minimum atomic E-state index is -4.54. The fraction of sp³-hybridized carbons (Fsp3) is 0.333. The van der Waals surface area contributed by atoms with Crippen LogP contribution in [0, 0.1) is 0 Å². The maximum absolute atomic E-state index is 13.5. The molecule has 0 aliphatic carbocycles. The lowest BCUT2D eigenvalue weighted by atomic mass is 10.1. The standard InChI is InChI=1S/C27H27F3N6O2/c1-17-14-36(15-18(2)38-17)9-10-37-21-6-3-5-20(12-21)35-26-25-23(33-16-34-26)11-19(13-32-25)24-22(27(28,29)30)7-4-8-31-24/h3-8,11-13,16-18H,9-10,14-15H2,1-2H3,(H,33,34,35)/t17-,18+. The van der Waals surface area contributed by atoms with E-state index in [2.05, 4.69) is 44.0 Å². The van der Waals surface area contributed by atoms with Gasteiger partial charge in [-0.25, -0.2) is 15.0 Å². The van der Waals surface area contributed by atoms with Gasteiger partial charge in [0.2, 0.25) is 0 Å². The van der Waals surface area contributed by atoms with Crippen LogP contribution in [0.2, 0.25) is 0 Å². The highest BCUT2D eigenvalue weighted by molar-refractivity contribution is 5.89. The number of fused-ring (bicyclic) bond motifs is 1. The summed E-state index contributed by atoms with van der Waals surface area (Å²) in [6, 6.07) is 11.2. The molecule has 2 atom stereocenters. The second-order valence-corrected chi connectivity index (χ2v) is 9.23. The smallest absolute Gasteiger partial charge is 0.418 e. The van der Waals surface area contributed by atoms with Crippen LogP contribution in [0.4, 0.5) is 24.7 Å². The van der Waals surface area contributed by atoms with E-state index >= 15 is 0 Å². The van der Waals surface area contributed by atoms with E-state index in [1.807, 2.05) is 24.3 Å². The molecule has 1 aliphatic rings. The van der Waals surface area contributed by atoms with Crippen molar-refractivity contribution in [2.75, 3.05) is 31.6 Å². The van der Waals surface area contributed by atoms with Crippen molar-refractivity contribution >= 4 is 22.5 Å². The molecule has 1 fully saturated rings. The molecule has 0 unspecified atom stereocenters. The number of ether oxygens (including phenoxy) is 2. The quantitative estimate of drug-likeness (QED) is 0.347. The number of halogens is 3. The number of nitrogens with zero attached hydrogens (tertiary/aromatic N) is 5. The molecule has 4 heterocycles. The van der Waals surface area contributed by atoms with Crippen molar-refractivity contribution in [3.05, 3.63) is 66.7 Å². The highest BCUT2D eigenvalue weighted by atomic mass is 19.4. The third-order valence-electron chi connectivity index (χ3n) is 6.13. The molecule has 0 radical (unpaired) electrons. The minimum absolute atomic E-state index is 0.201. The summed E-state index contributed by atoms with van der Waals surface area (Å²) in [5.74, 6) is 1.12. The molecule has 0 bridgehead atoms. The Labute approximate surface area is 217 Å². The van der Waals surface area contributed by atoms with Crippen LogP contribution in [0.1, 0.15) is 19.4 Å². The van der Waals surface area contributed by atoms with Crippen LogP contribution >= 0.6 is 0 Å². The van der Waals surface area contributed by atoms with Crippen LogP contribution in [0.5, 0.6) is 5.75 Å². The van der Waals surface area contributed by atoms with Gasteiger partial charge in [-0.15, -0.1) is 0 Å². The fourth-order valence-electron chi connectivity index (χ4n) is 4.59. The zero-order valence-electron chi connectivity index (χ0n) is 20.9. The third kappa shape index (κ3) is 6.00. The first-order chi connectivity index (χ1) is 18.3. The van der Waals surface area contributed by atoms with E-state index in [1.54, 1.807) is 0 Å². The van der Waals surface area contributed by atoms with Crippen LogP contribution in [-0.4, -0.2) is 63.3 Å². The SMILES string of the molecule is C[C@@H]1CN(CCOc2cccc(Nc3ncnc4cc(-c5ncccc5C(F)(F)F)cnc34)c2)C[C@H](C)O1. The zero-order chi connectivity index (χ0) is 26.7. The number of benzene rings is 1. The Bertz CT molecular complexity index is 1410. The van der Waals surface area contributed by atoms with Crippen molar-refractivity contribution in [2.45, 2.75) is 32.2 Å². The van der Waals surface area contributed by atoms with Crippen molar-refractivity contribution in [2.24, 2.45) is 0 Å². The molecule has 0 saturated carbocycles. The van der Waals surface area contributed by atoms with Crippen LogP contribution in [0.15, 0.2) is 61.2 Å². The van der Waals surface area contributed by atoms with Gasteiger partial charge in [0.15, 0.2) is 5.82 Å². The molecule has 1 saturated heterocycles. The predicted molar refractivity (Wildman–Crippen MR) is 137 cm³/mol.